The van der Waals surface area contributed by atoms with Crippen molar-refractivity contribution in [3.8, 4) is 10.8 Å². The van der Waals surface area contributed by atoms with Gasteiger partial charge in [0.15, 0.2) is 5.69 Å². The summed E-state index contributed by atoms with van der Waals surface area (Å²) >= 11 is 1.49. The summed E-state index contributed by atoms with van der Waals surface area (Å²) in [6.45, 7) is 2.79. The van der Waals surface area contributed by atoms with Gasteiger partial charge in [0.05, 0.1) is 10.3 Å². The molecule has 2 aromatic rings. The molecule has 0 bridgehead atoms. The number of primary amides is 1. The Morgan fingerprint density at radius 3 is 2.79 bits per heavy atom. The van der Waals surface area contributed by atoms with E-state index < -0.39 is 11.3 Å². The zero-order valence-corrected chi connectivity index (χ0v) is 14.1. The average molecular weight is 349 g/mol. The smallest absolute Gasteiger partial charge is 0.273 e. The molecule has 2 amide bonds. The maximum atomic E-state index is 12.4. The second kappa shape index (κ2) is 6.74. The summed E-state index contributed by atoms with van der Waals surface area (Å²) in [5.41, 5.74) is 5.01. The van der Waals surface area contributed by atoms with Crippen molar-refractivity contribution >= 4 is 23.2 Å². The summed E-state index contributed by atoms with van der Waals surface area (Å²) in [6.07, 6.45) is 1.00. The van der Waals surface area contributed by atoms with E-state index in [0.717, 1.165) is 4.88 Å². The van der Waals surface area contributed by atoms with Crippen LogP contribution in [0.5, 0.6) is 0 Å². The van der Waals surface area contributed by atoms with Crippen molar-refractivity contribution in [3.63, 3.8) is 0 Å². The second-order valence-electron chi connectivity index (χ2n) is 5.84. The fourth-order valence-corrected chi connectivity index (χ4v) is 3.37. The molecular weight excluding hydrogens is 330 g/mol. The number of ether oxygens (including phenoxy) is 1. The molecule has 3 N–H and O–H groups in total. The third-order valence-corrected chi connectivity index (χ3v) is 5.16. The summed E-state index contributed by atoms with van der Waals surface area (Å²) < 4.78 is 10.9. The molecule has 0 atom stereocenters. The third kappa shape index (κ3) is 3.20. The fraction of sp³-hybridized carbons (Fsp3) is 0.438. The van der Waals surface area contributed by atoms with Crippen LogP contribution in [0.4, 0.5) is 0 Å². The first kappa shape index (κ1) is 16.7. The van der Waals surface area contributed by atoms with Crippen molar-refractivity contribution in [2.75, 3.05) is 19.8 Å². The van der Waals surface area contributed by atoms with E-state index in [0.29, 0.717) is 37.7 Å². The van der Waals surface area contributed by atoms with Crippen LogP contribution in [0.15, 0.2) is 21.9 Å². The molecule has 1 aliphatic rings. The van der Waals surface area contributed by atoms with E-state index in [1.54, 1.807) is 6.92 Å². The van der Waals surface area contributed by atoms with Gasteiger partial charge in [-0.05, 0) is 31.2 Å². The number of amides is 2. The molecule has 0 aliphatic carbocycles. The molecule has 0 spiro atoms. The monoisotopic (exact) mass is 349 g/mol. The molecule has 3 heterocycles. The largest absolute Gasteiger partial charge is 0.440 e. The summed E-state index contributed by atoms with van der Waals surface area (Å²) in [7, 11) is 0. The molecule has 2 aromatic heterocycles. The van der Waals surface area contributed by atoms with E-state index in [-0.39, 0.29) is 18.1 Å². The minimum absolute atomic E-state index is 0.172. The predicted octanol–water partition coefficient (Wildman–Crippen LogP) is 1.72. The molecule has 1 fully saturated rings. The highest BCUT2D eigenvalue weighted by molar-refractivity contribution is 7.13. The van der Waals surface area contributed by atoms with Gasteiger partial charge in [0.25, 0.3) is 5.91 Å². The molecule has 1 aliphatic heterocycles. The van der Waals surface area contributed by atoms with E-state index in [9.17, 15) is 9.59 Å². The first-order valence-corrected chi connectivity index (χ1v) is 8.57. The summed E-state index contributed by atoms with van der Waals surface area (Å²) in [6, 6.07) is 3.77. The van der Waals surface area contributed by atoms with Gasteiger partial charge in [-0.15, -0.1) is 11.3 Å². The van der Waals surface area contributed by atoms with Gasteiger partial charge in [0.1, 0.15) is 5.76 Å². The quantitative estimate of drug-likeness (QED) is 0.854. The van der Waals surface area contributed by atoms with Crippen molar-refractivity contribution in [2.24, 2.45) is 11.1 Å². The first-order valence-electron chi connectivity index (χ1n) is 7.69. The van der Waals surface area contributed by atoms with Gasteiger partial charge in [-0.3, -0.25) is 9.59 Å². The molecule has 3 rings (SSSR count). The molecule has 128 valence electrons. The molecule has 1 saturated heterocycles. The number of thiophene rings is 1. The number of oxazole rings is 1. The normalized spacial score (nSPS) is 16.7. The Balaban J connectivity index is 1.72. The van der Waals surface area contributed by atoms with Gasteiger partial charge >= 0.3 is 0 Å². The zero-order chi connectivity index (χ0) is 17.2. The van der Waals surface area contributed by atoms with Crippen LogP contribution in [0.3, 0.4) is 0 Å². The average Bonchev–Trinajstić information content (AvgIpc) is 3.22. The summed E-state index contributed by atoms with van der Waals surface area (Å²) in [5.74, 6) is 0.0766. The van der Waals surface area contributed by atoms with Crippen molar-refractivity contribution in [1.82, 2.24) is 10.3 Å². The molecular formula is C16H19N3O4S. The zero-order valence-electron chi connectivity index (χ0n) is 13.3. The molecule has 0 aromatic carbocycles. The third-order valence-electron chi connectivity index (χ3n) is 4.30. The van der Waals surface area contributed by atoms with Crippen LogP contribution in [0.25, 0.3) is 10.8 Å². The number of rotatable bonds is 5. The molecule has 7 nitrogen and oxygen atoms in total. The number of hydrogen-bond acceptors (Lipinski definition) is 6. The number of carbonyl (C=O) groups excluding carboxylic acids is 2. The van der Waals surface area contributed by atoms with Gasteiger partial charge in [0, 0.05) is 19.8 Å². The second-order valence-corrected chi connectivity index (χ2v) is 6.79. The van der Waals surface area contributed by atoms with Gasteiger partial charge in [-0.25, -0.2) is 4.98 Å². The highest BCUT2D eigenvalue weighted by Crippen LogP contribution is 2.30. The van der Waals surface area contributed by atoms with Crippen LogP contribution in [0.1, 0.15) is 29.1 Å². The highest BCUT2D eigenvalue weighted by Gasteiger charge is 2.39. The predicted molar refractivity (Wildman–Crippen MR) is 88.6 cm³/mol. The Hall–Kier alpha value is -2.19. The Bertz CT molecular complexity index is 733. The van der Waals surface area contributed by atoms with Gasteiger partial charge < -0.3 is 20.2 Å². The summed E-state index contributed by atoms with van der Waals surface area (Å²) in [4.78, 5) is 29.4. The van der Waals surface area contributed by atoms with Crippen molar-refractivity contribution in [2.45, 2.75) is 19.8 Å². The Labute approximate surface area is 143 Å². The molecule has 0 radical (unpaired) electrons. The molecule has 0 saturated carbocycles. The maximum absolute atomic E-state index is 12.4. The fourth-order valence-electron chi connectivity index (χ4n) is 2.72. The van der Waals surface area contributed by atoms with Gasteiger partial charge in [-0.2, -0.15) is 0 Å². The first-order chi connectivity index (χ1) is 11.5. The topological polar surface area (TPSA) is 107 Å². The minimum atomic E-state index is -0.762. The van der Waals surface area contributed by atoms with E-state index in [1.165, 1.54) is 11.3 Å². The van der Waals surface area contributed by atoms with E-state index in [4.69, 9.17) is 14.9 Å². The van der Waals surface area contributed by atoms with Gasteiger partial charge in [-0.1, -0.05) is 6.07 Å². The van der Waals surface area contributed by atoms with Crippen LogP contribution in [-0.4, -0.2) is 36.6 Å². The standard InChI is InChI=1S/C16H19N3O4S/c1-10-12(19-14(23-10)11-3-2-8-24-11)13(20)18-9-16(15(17)21)4-6-22-7-5-16/h2-3,8H,4-7,9H2,1H3,(H2,17,21)(H,18,20). The van der Waals surface area contributed by atoms with Crippen molar-refractivity contribution in [3.05, 3.63) is 29.0 Å². The van der Waals surface area contributed by atoms with E-state index in [1.807, 2.05) is 17.5 Å². The van der Waals surface area contributed by atoms with E-state index in [2.05, 4.69) is 10.3 Å². The van der Waals surface area contributed by atoms with Crippen LogP contribution in [0, 0.1) is 12.3 Å². The molecule has 24 heavy (non-hydrogen) atoms. The minimum Gasteiger partial charge on any atom is -0.440 e. The Morgan fingerprint density at radius 1 is 1.42 bits per heavy atom. The van der Waals surface area contributed by atoms with Crippen LogP contribution >= 0.6 is 11.3 Å². The number of hydrogen-bond donors (Lipinski definition) is 2. The molecule has 0 unspecified atom stereocenters. The SMILES string of the molecule is Cc1oc(-c2cccs2)nc1C(=O)NCC1(C(N)=O)CCOCC1. The lowest BCUT2D eigenvalue weighted by Crippen LogP contribution is -2.49. The lowest BCUT2D eigenvalue weighted by molar-refractivity contribution is -0.132. The lowest BCUT2D eigenvalue weighted by atomic mass is 9.79. The Morgan fingerprint density at radius 2 is 2.17 bits per heavy atom. The number of aryl methyl sites for hydroxylation is 1. The lowest BCUT2D eigenvalue weighted by Gasteiger charge is -2.34. The van der Waals surface area contributed by atoms with Crippen molar-refractivity contribution < 1.29 is 18.7 Å². The van der Waals surface area contributed by atoms with Gasteiger partial charge in [0.2, 0.25) is 11.8 Å². The van der Waals surface area contributed by atoms with Crippen LogP contribution in [-0.2, 0) is 9.53 Å². The maximum Gasteiger partial charge on any atom is 0.273 e. The summed E-state index contributed by atoms with van der Waals surface area (Å²) in [5, 5.41) is 4.69. The van der Waals surface area contributed by atoms with Crippen LogP contribution in [0.2, 0.25) is 0 Å². The Kier molecular flexibility index (Phi) is 4.68. The number of nitrogens with one attached hydrogen (secondary N) is 1. The van der Waals surface area contributed by atoms with E-state index >= 15 is 0 Å². The van der Waals surface area contributed by atoms with Crippen LogP contribution < -0.4 is 11.1 Å². The molecule has 8 heteroatoms. The highest BCUT2D eigenvalue weighted by atomic mass is 32.1. The number of nitrogens with two attached hydrogens (primary N) is 1. The number of nitrogens with zero attached hydrogens (tertiary/aromatic N) is 1. The van der Waals surface area contributed by atoms with Crippen molar-refractivity contribution in [1.29, 1.82) is 0 Å². The number of aromatic nitrogens is 1. The number of carbonyl (C=O) groups is 2.